The van der Waals surface area contributed by atoms with Crippen molar-refractivity contribution in [3.05, 3.63) is 65.0 Å². The lowest BCUT2D eigenvalue weighted by Gasteiger charge is -2.25. The number of rotatable bonds is 6. The topological polar surface area (TPSA) is 50.2 Å². The molecule has 1 aliphatic rings. The van der Waals surface area contributed by atoms with Gasteiger partial charge in [-0.2, -0.15) is 5.10 Å². The van der Waals surface area contributed by atoms with Gasteiger partial charge in [-0.1, -0.05) is 12.1 Å². The van der Waals surface area contributed by atoms with Crippen LogP contribution in [0.5, 0.6) is 0 Å². The number of nitrogens with zero attached hydrogens (tertiary/aromatic N) is 3. The normalized spacial score (nSPS) is 16.1. The van der Waals surface area contributed by atoms with Gasteiger partial charge in [0.15, 0.2) is 5.69 Å². The van der Waals surface area contributed by atoms with Gasteiger partial charge in [0.2, 0.25) is 0 Å². The van der Waals surface area contributed by atoms with Crippen molar-refractivity contribution in [3.8, 4) is 0 Å². The van der Waals surface area contributed by atoms with Crippen LogP contribution in [0.3, 0.4) is 0 Å². The summed E-state index contributed by atoms with van der Waals surface area (Å²) in [6.45, 7) is 4.40. The van der Waals surface area contributed by atoms with Crippen molar-refractivity contribution in [2.24, 2.45) is 0 Å². The first-order valence-electron chi connectivity index (χ1n) is 8.99. The van der Waals surface area contributed by atoms with Crippen LogP contribution >= 0.6 is 0 Å². The van der Waals surface area contributed by atoms with Crippen LogP contribution in [0.25, 0.3) is 0 Å². The fourth-order valence-corrected chi connectivity index (χ4v) is 3.47. The van der Waals surface area contributed by atoms with E-state index in [1.54, 1.807) is 20.2 Å². The molecule has 1 atom stereocenters. The number of carbonyl (C=O) groups excluding carboxylic acids is 1. The minimum absolute atomic E-state index is 0.0200. The molecule has 1 N–H and O–H groups in total. The number of hydrogen-bond acceptors (Lipinski definition) is 3. The highest BCUT2D eigenvalue weighted by Gasteiger charge is 2.29. The zero-order valence-electron chi connectivity index (χ0n) is 15.6. The molecule has 0 saturated heterocycles. The maximum absolute atomic E-state index is 13.8. The van der Waals surface area contributed by atoms with E-state index in [0.29, 0.717) is 18.7 Å². The third-order valence-electron chi connectivity index (χ3n) is 4.89. The van der Waals surface area contributed by atoms with Crippen molar-refractivity contribution in [1.29, 1.82) is 0 Å². The molecule has 0 aliphatic heterocycles. The van der Waals surface area contributed by atoms with Gasteiger partial charge in [0, 0.05) is 43.5 Å². The second kappa shape index (κ2) is 8.00. The lowest BCUT2D eigenvalue weighted by molar-refractivity contribution is 0.0820. The van der Waals surface area contributed by atoms with E-state index < -0.39 is 11.6 Å². The smallest absolute Gasteiger partial charge is 0.274 e. The van der Waals surface area contributed by atoms with Crippen molar-refractivity contribution in [2.45, 2.75) is 38.4 Å². The molecular formula is C20H24F2N4O. The summed E-state index contributed by atoms with van der Waals surface area (Å²) in [4.78, 5) is 14.0. The van der Waals surface area contributed by atoms with Gasteiger partial charge in [-0.25, -0.2) is 8.78 Å². The summed E-state index contributed by atoms with van der Waals surface area (Å²) >= 11 is 0. The Kier molecular flexibility index (Phi) is 5.70. The molecule has 0 saturated carbocycles. The SMILES string of the molecule is C=CCn1nc(C(=O)N(C)C)c2c1CCC(NCc1c(F)cccc1F)C2. The first kappa shape index (κ1) is 19.2. The Labute approximate surface area is 157 Å². The molecule has 27 heavy (non-hydrogen) atoms. The Morgan fingerprint density at radius 1 is 1.41 bits per heavy atom. The molecule has 5 nitrogen and oxygen atoms in total. The van der Waals surface area contributed by atoms with E-state index in [1.807, 2.05) is 4.68 Å². The molecule has 1 unspecified atom stereocenters. The van der Waals surface area contributed by atoms with E-state index in [1.165, 1.54) is 23.1 Å². The quantitative estimate of drug-likeness (QED) is 0.791. The Bertz CT molecular complexity index is 840. The predicted octanol–water partition coefficient (Wildman–Crippen LogP) is 2.70. The summed E-state index contributed by atoms with van der Waals surface area (Å²) in [5, 5.41) is 7.73. The highest BCUT2D eigenvalue weighted by Crippen LogP contribution is 2.26. The molecule has 1 aromatic heterocycles. The van der Waals surface area contributed by atoms with Gasteiger partial charge in [-0.05, 0) is 31.4 Å². The first-order chi connectivity index (χ1) is 12.9. The molecule has 0 bridgehead atoms. The molecule has 0 spiro atoms. The number of halogens is 2. The number of allylic oxidation sites excluding steroid dienone is 1. The molecule has 0 fully saturated rings. The van der Waals surface area contributed by atoms with Crippen LogP contribution in [0.15, 0.2) is 30.9 Å². The summed E-state index contributed by atoms with van der Waals surface area (Å²) in [6.07, 6.45) is 3.90. The van der Waals surface area contributed by atoms with Crippen LogP contribution in [0.2, 0.25) is 0 Å². The van der Waals surface area contributed by atoms with E-state index >= 15 is 0 Å². The van der Waals surface area contributed by atoms with Gasteiger partial charge < -0.3 is 10.2 Å². The third-order valence-corrected chi connectivity index (χ3v) is 4.89. The molecule has 1 amide bonds. The zero-order valence-corrected chi connectivity index (χ0v) is 15.6. The Hall–Kier alpha value is -2.54. The van der Waals surface area contributed by atoms with Crippen molar-refractivity contribution in [2.75, 3.05) is 14.1 Å². The van der Waals surface area contributed by atoms with Crippen molar-refractivity contribution < 1.29 is 13.6 Å². The summed E-state index contributed by atoms with van der Waals surface area (Å²) in [7, 11) is 3.39. The van der Waals surface area contributed by atoms with Crippen LogP contribution in [0.4, 0.5) is 8.78 Å². The molecule has 0 radical (unpaired) electrons. The molecule has 7 heteroatoms. The third kappa shape index (κ3) is 3.93. The Balaban J connectivity index is 1.80. The van der Waals surface area contributed by atoms with Crippen LogP contribution in [0, 0.1) is 11.6 Å². The van der Waals surface area contributed by atoms with Gasteiger partial charge in [-0.15, -0.1) is 6.58 Å². The van der Waals surface area contributed by atoms with Gasteiger partial charge in [0.1, 0.15) is 11.6 Å². The second-order valence-electron chi connectivity index (χ2n) is 6.97. The Morgan fingerprint density at radius 2 is 2.11 bits per heavy atom. The number of nitrogens with one attached hydrogen (secondary N) is 1. The second-order valence-corrected chi connectivity index (χ2v) is 6.97. The average molecular weight is 374 g/mol. The summed E-state index contributed by atoms with van der Waals surface area (Å²) in [5.74, 6) is -1.25. The minimum Gasteiger partial charge on any atom is -0.343 e. The van der Waals surface area contributed by atoms with Crippen LogP contribution in [-0.2, 0) is 25.9 Å². The molecule has 144 valence electrons. The van der Waals surface area contributed by atoms with Gasteiger partial charge in [0.25, 0.3) is 5.91 Å². The standard InChI is InChI=1S/C20H24F2N4O/c1-4-10-26-18-9-8-13(11-14(18)19(24-26)20(27)25(2)3)23-12-15-16(21)6-5-7-17(15)22/h4-7,13,23H,1,8-12H2,2-3H3. The number of amides is 1. The maximum atomic E-state index is 13.8. The lowest BCUT2D eigenvalue weighted by atomic mass is 9.91. The van der Waals surface area contributed by atoms with Gasteiger partial charge >= 0.3 is 0 Å². The van der Waals surface area contributed by atoms with Crippen molar-refractivity contribution in [3.63, 3.8) is 0 Å². The molecular weight excluding hydrogens is 350 g/mol. The highest BCUT2D eigenvalue weighted by molar-refractivity contribution is 5.93. The number of carbonyl (C=O) groups is 1. The van der Waals surface area contributed by atoms with Crippen LogP contribution in [-0.4, -0.2) is 40.7 Å². The van der Waals surface area contributed by atoms with E-state index in [-0.39, 0.29) is 24.1 Å². The van der Waals surface area contributed by atoms with Crippen molar-refractivity contribution >= 4 is 5.91 Å². The predicted molar refractivity (Wildman–Crippen MR) is 99.5 cm³/mol. The molecule has 1 aromatic carbocycles. The Morgan fingerprint density at radius 3 is 2.74 bits per heavy atom. The summed E-state index contributed by atoms with van der Waals surface area (Å²) < 4.78 is 29.5. The first-order valence-corrected chi connectivity index (χ1v) is 8.99. The zero-order chi connectivity index (χ0) is 19.6. The number of aromatic nitrogens is 2. The number of benzene rings is 1. The van der Waals surface area contributed by atoms with Crippen molar-refractivity contribution in [1.82, 2.24) is 20.0 Å². The average Bonchev–Trinajstić information content (AvgIpc) is 2.99. The fraction of sp³-hybridized carbons (Fsp3) is 0.400. The van der Waals surface area contributed by atoms with E-state index in [4.69, 9.17) is 0 Å². The summed E-state index contributed by atoms with van der Waals surface area (Å²) in [6, 6.07) is 3.89. The van der Waals surface area contributed by atoms with E-state index in [9.17, 15) is 13.6 Å². The summed E-state index contributed by atoms with van der Waals surface area (Å²) in [5.41, 5.74) is 2.43. The molecule has 3 rings (SSSR count). The highest BCUT2D eigenvalue weighted by atomic mass is 19.1. The van der Waals surface area contributed by atoms with Gasteiger partial charge in [0.05, 0.1) is 6.54 Å². The van der Waals surface area contributed by atoms with E-state index in [0.717, 1.165) is 24.1 Å². The number of hydrogen-bond donors (Lipinski definition) is 1. The largest absolute Gasteiger partial charge is 0.343 e. The number of fused-ring (bicyclic) bond motifs is 1. The fourth-order valence-electron chi connectivity index (χ4n) is 3.47. The minimum atomic E-state index is -0.554. The lowest BCUT2D eigenvalue weighted by Crippen LogP contribution is -2.35. The molecule has 1 heterocycles. The molecule has 1 aliphatic carbocycles. The van der Waals surface area contributed by atoms with Crippen LogP contribution < -0.4 is 5.32 Å². The maximum Gasteiger partial charge on any atom is 0.274 e. The van der Waals surface area contributed by atoms with Crippen LogP contribution in [0.1, 0.15) is 33.7 Å². The van der Waals surface area contributed by atoms with Gasteiger partial charge in [-0.3, -0.25) is 9.48 Å². The monoisotopic (exact) mass is 374 g/mol. The van der Waals surface area contributed by atoms with E-state index in [2.05, 4.69) is 17.0 Å². The molecule has 2 aromatic rings.